The fraction of sp³-hybridized carbons (Fsp3) is 0.500. The van der Waals surface area contributed by atoms with Crippen molar-refractivity contribution in [2.75, 3.05) is 24.6 Å². The summed E-state index contributed by atoms with van der Waals surface area (Å²) >= 11 is 0. The van der Waals surface area contributed by atoms with Gasteiger partial charge in [-0.1, -0.05) is 5.92 Å². The summed E-state index contributed by atoms with van der Waals surface area (Å²) in [5.41, 5.74) is 1.02. The average molecular weight is 275 g/mol. The Morgan fingerprint density at radius 2 is 2.10 bits per heavy atom. The molecule has 20 heavy (non-hydrogen) atoms. The second-order valence-electron chi connectivity index (χ2n) is 5.24. The molecule has 2 bridgehead atoms. The van der Waals surface area contributed by atoms with E-state index in [-0.39, 0.29) is 17.8 Å². The summed E-state index contributed by atoms with van der Waals surface area (Å²) in [7, 11) is 0. The standard InChI is InChI=1S/C16H18FNO2/c1-3-14-15(17)7-11(8-16(14)19-4-2)18-9-12-5-6-13(10-18)20-12/h1,7-8,12-13H,4-6,9-10H2,2H3. The maximum atomic E-state index is 14.1. The zero-order valence-corrected chi connectivity index (χ0v) is 11.6. The summed E-state index contributed by atoms with van der Waals surface area (Å²) < 4.78 is 25.4. The molecule has 0 amide bonds. The molecule has 0 N–H and O–H groups in total. The van der Waals surface area contributed by atoms with E-state index in [4.69, 9.17) is 15.9 Å². The lowest BCUT2D eigenvalue weighted by molar-refractivity contribution is 0.0304. The monoisotopic (exact) mass is 275 g/mol. The van der Waals surface area contributed by atoms with E-state index in [9.17, 15) is 4.39 Å². The molecule has 0 aliphatic carbocycles. The third-order valence-corrected chi connectivity index (χ3v) is 3.89. The molecule has 2 heterocycles. The van der Waals surface area contributed by atoms with E-state index in [2.05, 4.69) is 10.8 Å². The van der Waals surface area contributed by atoms with Crippen molar-refractivity contribution >= 4 is 5.69 Å². The van der Waals surface area contributed by atoms with Gasteiger partial charge in [0, 0.05) is 24.8 Å². The maximum absolute atomic E-state index is 14.1. The van der Waals surface area contributed by atoms with Crippen molar-refractivity contribution in [3.63, 3.8) is 0 Å². The first-order valence-corrected chi connectivity index (χ1v) is 7.04. The zero-order chi connectivity index (χ0) is 14.1. The highest BCUT2D eigenvalue weighted by atomic mass is 19.1. The van der Waals surface area contributed by atoms with Crippen LogP contribution in [0.3, 0.4) is 0 Å². The van der Waals surface area contributed by atoms with E-state index in [0.29, 0.717) is 12.4 Å². The molecule has 0 saturated carbocycles. The molecule has 3 nitrogen and oxygen atoms in total. The number of morpholine rings is 1. The normalized spacial score (nSPS) is 24.6. The molecule has 2 aliphatic heterocycles. The van der Waals surface area contributed by atoms with Crippen LogP contribution in [0.5, 0.6) is 5.75 Å². The second-order valence-corrected chi connectivity index (χ2v) is 5.24. The number of benzene rings is 1. The van der Waals surface area contributed by atoms with Crippen LogP contribution in [-0.2, 0) is 4.74 Å². The molecule has 106 valence electrons. The van der Waals surface area contributed by atoms with E-state index in [1.54, 1.807) is 0 Å². The van der Waals surface area contributed by atoms with Crippen LogP contribution in [0.15, 0.2) is 12.1 Å². The van der Waals surface area contributed by atoms with Crippen LogP contribution in [0, 0.1) is 18.2 Å². The quantitative estimate of drug-likeness (QED) is 0.791. The summed E-state index contributed by atoms with van der Waals surface area (Å²) in [6.45, 7) is 3.93. The van der Waals surface area contributed by atoms with Crippen molar-refractivity contribution in [3.8, 4) is 18.1 Å². The fourth-order valence-corrected chi connectivity index (χ4v) is 2.99. The van der Waals surface area contributed by atoms with E-state index < -0.39 is 5.82 Å². The topological polar surface area (TPSA) is 21.7 Å². The molecule has 3 rings (SSSR count). The van der Waals surface area contributed by atoms with E-state index in [0.717, 1.165) is 31.6 Å². The lowest BCUT2D eigenvalue weighted by Crippen LogP contribution is -2.42. The summed E-state index contributed by atoms with van der Waals surface area (Å²) in [5.74, 6) is 2.42. The van der Waals surface area contributed by atoms with E-state index in [1.807, 2.05) is 13.0 Å². The lowest BCUT2D eigenvalue weighted by atomic mass is 10.1. The van der Waals surface area contributed by atoms with Crippen molar-refractivity contribution in [3.05, 3.63) is 23.5 Å². The minimum Gasteiger partial charge on any atom is -0.492 e. The first-order chi connectivity index (χ1) is 9.71. The van der Waals surface area contributed by atoms with Crippen molar-refractivity contribution < 1.29 is 13.9 Å². The molecule has 1 aromatic carbocycles. The Hall–Kier alpha value is -1.73. The van der Waals surface area contributed by atoms with Gasteiger partial charge in [-0.2, -0.15) is 0 Å². The fourth-order valence-electron chi connectivity index (χ4n) is 2.99. The Labute approximate surface area is 118 Å². The Morgan fingerprint density at radius 1 is 1.40 bits per heavy atom. The summed E-state index contributed by atoms with van der Waals surface area (Å²) in [4.78, 5) is 2.16. The number of nitrogens with zero attached hydrogens (tertiary/aromatic N) is 1. The van der Waals surface area contributed by atoms with Gasteiger partial charge in [-0.15, -0.1) is 6.42 Å². The minimum atomic E-state index is -0.396. The van der Waals surface area contributed by atoms with Crippen LogP contribution in [0.4, 0.5) is 10.1 Å². The smallest absolute Gasteiger partial charge is 0.144 e. The predicted molar refractivity (Wildman–Crippen MR) is 75.6 cm³/mol. The van der Waals surface area contributed by atoms with Crippen LogP contribution < -0.4 is 9.64 Å². The van der Waals surface area contributed by atoms with Crippen LogP contribution in [0.2, 0.25) is 0 Å². The molecule has 2 saturated heterocycles. The molecular weight excluding hydrogens is 257 g/mol. The highest BCUT2D eigenvalue weighted by Gasteiger charge is 2.34. The zero-order valence-electron chi connectivity index (χ0n) is 11.6. The average Bonchev–Trinajstić information content (AvgIpc) is 2.77. The van der Waals surface area contributed by atoms with Crippen LogP contribution in [0.25, 0.3) is 0 Å². The highest BCUT2D eigenvalue weighted by Crippen LogP contribution is 2.33. The molecule has 4 heteroatoms. The van der Waals surface area contributed by atoms with Gasteiger partial charge in [0.1, 0.15) is 17.1 Å². The largest absolute Gasteiger partial charge is 0.492 e. The van der Waals surface area contributed by atoms with Gasteiger partial charge in [-0.05, 0) is 25.8 Å². The number of hydrogen-bond donors (Lipinski definition) is 0. The summed E-state index contributed by atoms with van der Waals surface area (Å²) in [6, 6.07) is 3.34. The maximum Gasteiger partial charge on any atom is 0.144 e. The number of fused-ring (bicyclic) bond motifs is 2. The molecular formula is C16H18FNO2. The molecule has 0 spiro atoms. The Balaban J connectivity index is 1.92. The van der Waals surface area contributed by atoms with Gasteiger partial charge in [-0.3, -0.25) is 0 Å². The number of terminal acetylenes is 1. The molecule has 0 radical (unpaired) electrons. The SMILES string of the molecule is C#Cc1c(F)cc(N2CC3CCC(C2)O3)cc1OCC. The number of halogens is 1. The van der Waals surface area contributed by atoms with Gasteiger partial charge < -0.3 is 14.4 Å². The summed E-state index contributed by atoms with van der Waals surface area (Å²) in [5, 5.41) is 0. The lowest BCUT2D eigenvalue weighted by Gasteiger charge is -2.34. The first-order valence-electron chi connectivity index (χ1n) is 7.04. The predicted octanol–water partition coefficient (Wildman–Crippen LogP) is 2.57. The number of hydrogen-bond acceptors (Lipinski definition) is 3. The molecule has 0 aromatic heterocycles. The van der Waals surface area contributed by atoms with Gasteiger partial charge in [0.25, 0.3) is 0 Å². The van der Waals surface area contributed by atoms with Gasteiger partial charge in [0.05, 0.1) is 18.8 Å². The first kappa shape index (κ1) is 13.3. The number of rotatable bonds is 3. The van der Waals surface area contributed by atoms with E-state index in [1.165, 1.54) is 6.07 Å². The van der Waals surface area contributed by atoms with Crippen LogP contribution in [-0.4, -0.2) is 31.9 Å². The third-order valence-electron chi connectivity index (χ3n) is 3.89. The number of ether oxygens (including phenoxy) is 2. The van der Waals surface area contributed by atoms with E-state index >= 15 is 0 Å². The second kappa shape index (κ2) is 5.34. The highest BCUT2D eigenvalue weighted by molar-refractivity contribution is 5.59. The molecule has 2 fully saturated rings. The van der Waals surface area contributed by atoms with Gasteiger partial charge in [-0.25, -0.2) is 4.39 Å². The number of anilines is 1. The van der Waals surface area contributed by atoms with Crippen molar-refractivity contribution in [2.45, 2.75) is 32.0 Å². The Morgan fingerprint density at radius 3 is 2.70 bits per heavy atom. The van der Waals surface area contributed by atoms with Gasteiger partial charge in [0.15, 0.2) is 0 Å². The third kappa shape index (κ3) is 2.34. The molecule has 2 aliphatic rings. The van der Waals surface area contributed by atoms with Gasteiger partial charge in [0.2, 0.25) is 0 Å². The van der Waals surface area contributed by atoms with Crippen molar-refractivity contribution in [2.24, 2.45) is 0 Å². The summed E-state index contributed by atoms with van der Waals surface area (Å²) in [6.07, 6.45) is 8.06. The van der Waals surface area contributed by atoms with Crippen LogP contribution >= 0.6 is 0 Å². The minimum absolute atomic E-state index is 0.201. The van der Waals surface area contributed by atoms with Crippen molar-refractivity contribution in [1.29, 1.82) is 0 Å². The molecule has 2 unspecified atom stereocenters. The molecule has 1 aromatic rings. The molecule has 2 atom stereocenters. The van der Waals surface area contributed by atoms with Crippen LogP contribution in [0.1, 0.15) is 25.3 Å². The van der Waals surface area contributed by atoms with Gasteiger partial charge >= 0.3 is 0 Å². The Bertz CT molecular complexity index is 540. The van der Waals surface area contributed by atoms with Crippen molar-refractivity contribution in [1.82, 2.24) is 0 Å². The Kier molecular flexibility index (Phi) is 3.54.